The van der Waals surface area contributed by atoms with E-state index >= 15 is 0 Å². The van der Waals surface area contributed by atoms with Gasteiger partial charge in [0.15, 0.2) is 5.13 Å². The monoisotopic (exact) mass is 363 g/mol. The molecule has 0 aliphatic rings. The largest absolute Gasteiger partial charge is 0.494 e. The maximum atomic E-state index is 12.8. The highest BCUT2D eigenvalue weighted by Crippen LogP contribution is 2.30. The van der Waals surface area contributed by atoms with E-state index in [2.05, 4.69) is 15.3 Å². The Labute approximate surface area is 154 Å². The van der Waals surface area contributed by atoms with Crippen molar-refractivity contribution >= 4 is 43.5 Å². The zero-order chi connectivity index (χ0) is 18.1. The molecule has 4 aromatic rings. The maximum Gasteiger partial charge on any atom is 0.258 e. The first kappa shape index (κ1) is 16.5. The fraction of sp³-hybridized carbons (Fsp3) is 0.150. The summed E-state index contributed by atoms with van der Waals surface area (Å²) in [5, 5.41) is 4.31. The molecule has 0 aliphatic heterocycles. The molecule has 0 aliphatic carbocycles. The summed E-state index contributed by atoms with van der Waals surface area (Å²) in [5.41, 5.74) is 3.05. The molecule has 2 aromatic carbocycles. The number of para-hydroxylation sites is 1. The minimum atomic E-state index is -0.184. The van der Waals surface area contributed by atoms with E-state index in [0.717, 1.165) is 32.6 Å². The first-order chi connectivity index (χ1) is 12.6. The molecule has 0 saturated carbocycles. The lowest BCUT2D eigenvalue weighted by molar-refractivity contribution is 0.102. The summed E-state index contributed by atoms with van der Waals surface area (Å²) in [6, 6.07) is 15.2. The number of ether oxygens (including phenoxy) is 1. The smallest absolute Gasteiger partial charge is 0.258 e. The Balaban J connectivity index is 1.67. The number of aryl methyl sites for hydroxylation is 1. The Kier molecular flexibility index (Phi) is 4.26. The number of rotatable bonds is 4. The molecule has 26 heavy (non-hydrogen) atoms. The summed E-state index contributed by atoms with van der Waals surface area (Å²) < 4.78 is 6.49. The van der Waals surface area contributed by atoms with Gasteiger partial charge in [0, 0.05) is 11.1 Å². The zero-order valence-corrected chi connectivity index (χ0v) is 15.3. The highest BCUT2D eigenvalue weighted by molar-refractivity contribution is 7.22. The average Bonchev–Trinajstić information content (AvgIpc) is 3.02. The number of thiazole rings is 1. The molecule has 1 N–H and O–H groups in total. The highest BCUT2D eigenvalue weighted by Gasteiger charge is 2.14. The number of aromatic nitrogens is 2. The molecule has 0 saturated heterocycles. The third-order valence-corrected chi connectivity index (χ3v) is 4.91. The second-order valence-electron chi connectivity index (χ2n) is 5.86. The number of amides is 1. The van der Waals surface area contributed by atoms with Crippen molar-refractivity contribution in [3.05, 3.63) is 59.8 Å². The molecule has 4 rings (SSSR count). The van der Waals surface area contributed by atoms with Gasteiger partial charge < -0.3 is 4.74 Å². The zero-order valence-electron chi connectivity index (χ0n) is 14.4. The van der Waals surface area contributed by atoms with E-state index in [1.807, 2.05) is 56.3 Å². The van der Waals surface area contributed by atoms with Crippen molar-refractivity contribution < 1.29 is 9.53 Å². The van der Waals surface area contributed by atoms with Gasteiger partial charge in [0.2, 0.25) is 0 Å². The average molecular weight is 363 g/mol. The number of anilines is 1. The number of nitrogens with zero attached hydrogens (tertiary/aromatic N) is 2. The second kappa shape index (κ2) is 6.72. The molecule has 0 atom stereocenters. The molecule has 0 bridgehead atoms. The summed E-state index contributed by atoms with van der Waals surface area (Å²) in [6.07, 6.45) is 0. The first-order valence-electron chi connectivity index (χ1n) is 8.35. The molecule has 0 fully saturated rings. The first-order valence-corrected chi connectivity index (χ1v) is 9.17. The molecular weight excluding hydrogens is 346 g/mol. The predicted octanol–water partition coefficient (Wildman–Crippen LogP) is 4.80. The summed E-state index contributed by atoms with van der Waals surface area (Å²) in [4.78, 5) is 21.8. The van der Waals surface area contributed by atoms with Crippen LogP contribution < -0.4 is 10.1 Å². The van der Waals surface area contributed by atoms with E-state index in [1.54, 1.807) is 6.07 Å². The predicted molar refractivity (Wildman–Crippen MR) is 105 cm³/mol. The van der Waals surface area contributed by atoms with Gasteiger partial charge in [-0.05, 0) is 44.2 Å². The number of nitrogens with one attached hydrogen (secondary N) is 1. The highest BCUT2D eigenvalue weighted by atomic mass is 32.1. The normalized spacial score (nSPS) is 11.0. The summed E-state index contributed by atoms with van der Waals surface area (Å²) in [7, 11) is 0. The van der Waals surface area contributed by atoms with Crippen LogP contribution in [0.4, 0.5) is 5.13 Å². The van der Waals surface area contributed by atoms with Crippen LogP contribution in [0.25, 0.3) is 21.1 Å². The number of hydrogen-bond donors (Lipinski definition) is 1. The quantitative estimate of drug-likeness (QED) is 0.565. The lowest BCUT2D eigenvalue weighted by Crippen LogP contribution is -2.13. The minimum absolute atomic E-state index is 0.184. The van der Waals surface area contributed by atoms with Crippen LogP contribution in [-0.4, -0.2) is 22.5 Å². The number of fused-ring (bicyclic) bond motifs is 2. The summed E-state index contributed by atoms with van der Waals surface area (Å²) in [5.74, 6) is 0.619. The Bertz CT molecular complexity index is 1120. The summed E-state index contributed by atoms with van der Waals surface area (Å²) in [6.45, 7) is 4.45. The van der Waals surface area contributed by atoms with Gasteiger partial charge in [-0.2, -0.15) is 0 Å². The standard InChI is InChI=1S/C20H17N3O2S/c1-3-25-13-8-9-17-18(11-13)26-20(22-17)23-19(24)15-10-12(2)21-16-7-5-4-6-14(15)16/h4-11H,3H2,1-2H3,(H,22,23,24). The fourth-order valence-electron chi connectivity index (χ4n) is 2.87. The van der Waals surface area contributed by atoms with E-state index in [4.69, 9.17) is 4.74 Å². The molecule has 2 aromatic heterocycles. The van der Waals surface area contributed by atoms with Gasteiger partial charge in [-0.15, -0.1) is 0 Å². The van der Waals surface area contributed by atoms with Crippen molar-refractivity contribution in [2.24, 2.45) is 0 Å². The molecule has 1 amide bonds. The van der Waals surface area contributed by atoms with E-state index in [1.165, 1.54) is 11.3 Å². The van der Waals surface area contributed by atoms with Crippen LogP contribution in [0.3, 0.4) is 0 Å². The number of carbonyl (C=O) groups excluding carboxylic acids is 1. The SMILES string of the molecule is CCOc1ccc2nc(NC(=O)c3cc(C)nc4ccccc34)sc2c1. The Morgan fingerprint density at radius 1 is 1.12 bits per heavy atom. The molecule has 0 radical (unpaired) electrons. The molecule has 6 heteroatoms. The van der Waals surface area contributed by atoms with Crippen LogP contribution in [0.1, 0.15) is 23.0 Å². The van der Waals surface area contributed by atoms with Crippen LogP contribution in [0.15, 0.2) is 48.5 Å². The minimum Gasteiger partial charge on any atom is -0.494 e. The van der Waals surface area contributed by atoms with Crippen molar-refractivity contribution in [3.63, 3.8) is 0 Å². The number of carbonyl (C=O) groups is 1. The van der Waals surface area contributed by atoms with Crippen LogP contribution in [0.5, 0.6) is 5.75 Å². The molecule has 0 spiro atoms. The number of hydrogen-bond acceptors (Lipinski definition) is 5. The Morgan fingerprint density at radius 3 is 2.81 bits per heavy atom. The third kappa shape index (κ3) is 3.11. The van der Waals surface area contributed by atoms with Crippen molar-refractivity contribution in [3.8, 4) is 5.75 Å². The van der Waals surface area contributed by atoms with Crippen LogP contribution in [-0.2, 0) is 0 Å². The molecule has 130 valence electrons. The number of pyridine rings is 1. The molecule has 2 heterocycles. The van der Waals surface area contributed by atoms with E-state index in [0.29, 0.717) is 17.3 Å². The van der Waals surface area contributed by atoms with E-state index < -0.39 is 0 Å². The van der Waals surface area contributed by atoms with Crippen molar-refractivity contribution in [1.82, 2.24) is 9.97 Å². The topological polar surface area (TPSA) is 64.1 Å². The summed E-state index contributed by atoms with van der Waals surface area (Å²) >= 11 is 1.43. The van der Waals surface area contributed by atoms with Gasteiger partial charge in [0.1, 0.15) is 5.75 Å². The van der Waals surface area contributed by atoms with Crippen molar-refractivity contribution in [1.29, 1.82) is 0 Å². The van der Waals surface area contributed by atoms with Gasteiger partial charge in [-0.25, -0.2) is 4.98 Å². The van der Waals surface area contributed by atoms with Crippen LogP contribution in [0.2, 0.25) is 0 Å². The second-order valence-corrected chi connectivity index (χ2v) is 6.89. The molecular formula is C20H17N3O2S. The van der Waals surface area contributed by atoms with Gasteiger partial charge in [-0.1, -0.05) is 29.5 Å². The van der Waals surface area contributed by atoms with Crippen LogP contribution >= 0.6 is 11.3 Å². The van der Waals surface area contributed by atoms with Gasteiger partial charge in [0.25, 0.3) is 5.91 Å². The Morgan fingerprint density at radius 2 is 1.96 bits per heavy atom. The van der Waals surface area contributed by atoms with Crippen LogP contribution in [0, 0.1) is 6.92 Å². The lowest BCUT2D eigenvalue weighted by Gasteiger charge is -2.07. The van der Waals surface area contributed by atoms with E-state index in [-0.39, 0.29) is 5.91 Å². The maximum absolute atomic E-state index is 12.8. The molecule has 5 nitrogen and oxygen atoms in total. The van der Waals surface area contributed by atoms with Gasteiger partial charge in [0.05, 0.1) is 27.9 Å². The number of benzene rings is 2. The lowest BCUT2D eigenvalue weighted by atomic mass is 10.1. The third-order valence-electron chi connectivity index (χ3n) is 3.98. The van der Waals surface area contributed by atoms with Gasteiger partial charge in [-0.3, -0.25) is 15.1 Å². The van der Waals surface area contributed by atoms with Crippen molar-refractivity contribution in [2.75, 3.05) is 11.9 Å². The molecule has 0 unspecified atom stereocenters. The van der Waals surface area contributed by atoms with Gasteiger partial charge >= 0.3 is 0 Å². The van der Waals surface area contributed by atoms with Crippen molar-refractivity contribution in [2.45, 2.75) is 13.8 Å². The Hall–Kier alpha value is -2.99. The van der Waals surface area contributed by atoms with E-state index in [9.17, 15) is 4.79 Å². The fourth-order valence-corrected chi connectivity index (χ4v) is 3.76.